The van der Waals surface area contributed by atoms with E-state index in [9.17, 15) is 9.90 Å². The van der Waals surface area contributed by atoms with Gasteiger partial charge in [-0.15, -0.1) is 0 Å². The summed E-state index contributed by atoms with van der Waals surface area (Å²) in [6.45, 7) is 1.92. The molecule has 4 heteroatoms. The third-order valence-corrected chi connectivity index (χ3v) is 2.84. The van der Waals surface area contributed by atoms with Gasteiger partial charge in [0.2, 0.25) is 0 Å². The molecule has 0 heterocycles. The van der Waals surface area contributed by atoms with Crippen molar-refractivity contribution in [2.24, 2.45) is 4.99 Å². The van der Waals surface area contributed by atoms with Gasteiger partial charge in [0.05, 0.1) is 12.7 Å². The van der Waals surface area contributed by atoms with E-state index < -0.39 is 5.97 Å². The fraction of sp³-hybridized carbons (Fsp3) is 0.125. The average Bonchev–Trinajstić information content (AvgIpc) is 2.47. The second kappa shape index (κ2) is 6.02. The number of aliphatic imine (C=N–C) groups is 1. The highest BCUT2D eigenvalue weighted by atomic mass is 16.5. The number of hydrogen-bond acceptors (Lipinski definition) is 4. The first kappa shape index (κ1) is 13.8. The first-order chi connectivity index (χ1) is 9.61. The predicted molar refractivity (Wildman–Crippen MR) is 77.9 cm³/mol. The molecule has 0 aromatic heterocycles. The molecule has 0 aliphatic rings. The summed E-state index contributed by atoms with van der Waals surface area (Å²) in [7, 11) is 1.34. The number of carbonyl (C=O) groups is 1. The van der Waals surface area contributed by atoms with Crippen LogP contribution in [-0.4, -0.2) is 24.4 Å². The van der Waals surface area contributed by atoms with Gasteiger partial charge in [0.15, 0.2) is 0 Å². The summed E-state index contributed by atoms with van der Waals surface area (Å²) in [5, 5.41) is 9.73. The molecule has 20 heavy (non-hydrogen) atoms. The minimum Gasteiger partial charge on any atom is -0.506 e. The predicted octanol–water partition coefficient (Wildman–Crippen LogP) is 3.24. The third-order valence-electron chi connectivity index (χ3n) is 2.84. The molecule has 0 unspecified atom stereocenters. The summed E-state index contributed by atoms with van der Waals surface area (Å²) < 4.78 is 4.72. The maximum absolute atomic E-state index is 11.6. The normalized spacial score (nSPS) is 10.7. The first-order valence-electron chi connectivity index (χ1n) is 6.13. The molecule has 2 rings (SSSR count). The SMILES string of the molecule is COC(=O)c1ccccc1C=Nc1cc(C)ccc1O. The molecular weight excluding hydrogens is 254 g/mol. The molecule has 2 aromatic rings. The van der Waals surface area contributed by atoms with Gasteiger partial charge in [0.1, 0.15) is 11.4 Å². The number of esters is 1. The Labute approximate surface area is 117 Å². The van der Waals surface area contributed by atoms with Crippen molar-refractivity contribution in [2.45, 2.75) is 6.92 Å². The van der Waals surface area contributed by atoms with Crippen LogP contribution in [0.1, 0.15) is 21.5 Å². The molecule has 0 aliphatic carbocycles. The Hall–Kier alpha value is -2.62. The van der Waals surface area contributed by atoms with Crippen LogP contribution in [-0.2, 0) is 4.74 Å². The number of carbonyl (C=O) groups excluding carboxylic acids is 1. The number of methoxy groups -OCH3 is 1. The molecule has 0 fully saturated rings. The van der Waals surface area contributed by atoms with Crippen LogP contribution in [0.2, 0.25) is 0 Å². The van der Waals surface area contributed by atoms with E-state index in [1.807, 2.05) is 13.0 Å². The van der Waals surface area contributed by atoms with Gasteiger partial charge in [-0.1, -0.05) is 24.3 Å². The van der Waals surface area contributed by atoms with E-state index in [1.165, 1.54) is 7.11 Å². The Morgan fingerprint density at radius 3 is 2.75 bits per heavy atom. The van der Waals surface area contributed by atoms with Gasteiger partial charge in [-0.2, -0.15) is 0 Å². The summed E-state index contributed by atoms with van der Waals surface area (Å²) in [4.78, 5) is 15.9. The van der Waals surface area contributed by atoms with Crippen molar-refractivity contribution in [3.05, 3.63) is 59.2 Å². The number of rotatable bonds is 3. The van der Waals surface area contributed by atoms with Crippen molar-refractivity contribution >= 4 is 17.9 Å². The number of aromatic hydroxyl groups is 1. The fourth-order valence-corrected chi connectivity index (χ4v) is 1.78. The van der Waals surface area contributed by atoms with Gasteiger partial charge in [-0.25, -0.2) is 4.79 Å². The van der Waals surface area contributed by atoms with Crippen molar-refractivity contribution in [3.8, 4) is 5.75 Å². The lowest BCUT2D eigenvalue weighted by Gasteiger charge is -2.04. The standard InChI is InChI=1S/C16H15NO3/c1-11-7-8-15(18)14(9-11)17-10-12-5-3-4-6-13(12)16(19)20-2/h3-10,18H,1-2H3. The monoisotopic (exact) mass is 269 g/mol. The quantitative estimate of drug-likeness (QED) is 0.687. The largest absolute Gasteiger partial charge is 0.506 e. The Bertz CT molecular complexity index is 663. The molecule has 2 aromatic carbocycles. The van der Waals surface area contributed by atoms with Gasteiger partial charge in [0.25, 0.3) is 0 Å². The lowest BCUT2D eigenvalue weighted by molar-refractivity contribution is 0.0600. The van der Waals surface area contributed by atoms with E-state index in [2.05, 4.69) is 4.99 Å². The molecule has 0 saturated carbocycles. The third kappa shape index (κ3) is 3.03. The molecule has 0 aliphatic heterocycles. The van der Waals surface area contributed by atoms with Gasteiger partial charge in [0, 0.05) is 11.8 Å². The topological polar surface area (TPSA) is 58.9 Å². The fourth-order valence-electron chi connectivity index (χ4n) is 1.78. The Morgan fingerprint density at radius 2 is 2.00 bits per heavy atom. The Balaban J connectivity index is 2.37. The number of ether oxygens (including phenoxy) is 1. The van der Waals surface area contributed by atoms with Gasteiger partial charge < -0.3 is 9.84 Å². The van der Waals surface area contributed by atoms with Crippen LogP contribution < -0.4 is 0 Å². The highest BCUT2D eigenvalue weighted by molar-refractivity contribution is 5.99. The van der Waals surface area contributed by atoms with E-state index in [0.717, 1.165) is 5.56 Å². The zero-order valence-corrected chi connectivity index (χ0v) is 11.3. The second-order valence-corrected chi connectivity index (χ2v) is 4.33. The molecule has 0 radical (unpaired) electrons. The zero-order valence-electron chi connectivity index (χ0n) is 11.3. The van der Waals surface area contributed by atoms with Crippen LogP contribution >= 0.6 is 0 Å². The van der Waals surface area contributed by atoms with Crippen molar-refractivity contribution in [2.75, 3.05) is 7.11 Å². The summed E-state index contributed by atoms with van der Waals surface area (Å²) in [5.74, 6) is -0.317. The number of hydrogen-bond donors (Lipinski definition) is 1. The molecular formula is C16H15NO3. The maximum atomic E-state index is 11.6. The molecule has 0 spiro atoms. The summed E-state index contributed by atoms with van der Waals surface area (Å²) in [5.41, 5.74) is 2.53. The van der Waals surface area contributed by atoms with Crippen molar-refractivity contribution < 1.29 is 14.6 Å². The lowest BCUT2D eigenvalue weighted by atomic mass is 10.1. The van der Waals surface area contributed by atoms with Gasteiger partial charge in [-0.05, 0) is 30.7 Å². The van der Waals surface area contributed by atoms with Crippen LogP contribution in [0, 0.1) is 6.92 Å². The van der Waals surface area contributed by atoms with Crippen molar-refractivity contribution in [1.29, 1.82) is 0 Å². The minimum absolute atomic E-state index is 0.0994. The van der Waals surface area contributed by atoms with Crippen LogP contribution in [0.15, 0.2) is 47.5 Å². The number of benzene rings is 2. The smallest absolute Gasteiger partial charge is 0.338 e. The Kier molecular flexibility index (Phi) is 4.15. The molecule has 0 amide bonds. The molecule has 4 nitrogen and oxygen atoms in total. The van der Waals surface area contributed by atoms with Gasteiger partial charge in [-0.3, -0.25) is 4.99 Å². The molecule has 102 valence electrons. The van der Waals surface area contributed by atoms with E-state index in [-0.39, 0.29) is 5.75 Å². The number of aryl methyl sites for hydroxylation is 1. The van der Waals surface area contributed by atoms with Crippen LogP contribution in [0.5, 0.6) is 5.75 Å². The van der Waals surface area contributed by atoms with E-state index >= 15 is 0 Å². The van der Waals surface area contributed by atoms with E-state index in [4.69, 9.17) is 4.74 Å². The maximum Gasteiger partial charge on any atom is 0.338 e. The highest BCUT2D eigenvalue weighted by Gasteiger charge is 2.09. The second-order valence-electron chi connectivity index (χ2n) is 4.33. The van der Waals surface area contributed by atoms with Crippen LogP contribution in [0.4, 0.5) is 5.69 Å². The zero-order chi connectivity index (χ0) is 14.5. The summed E-state index contributed by atoms with van der Waals surface area (Å²) in [6.07, 6.45) is 1.54. The first-order valence-corrected chi connectivity index (χ1v) is 6.13. The number of nitrogens with zero attached hydrogens (tertiary/aromatic N) is 1. The minimum atomic E-state index is -0.416. The summed E-state index contributed by atoms with van der Waals surface area (Å²) >= 11 is 0. The van der Waals surface area contributed by atoms with E-state index in [1.54, 1.807) is 42.6 Å². The van der Waals surface area contributed by atoms with E-state index in [0.29, 0.717) is 16.8 Å². The number of phenolic OH excluding ortho intramolecular Hbond substituents is 1. The molecule has 0 atom stereocenters. The van der Waals surface area contributed by atoms with Gasteiger partial charge >= 0.3 is 5.97 Å². The van der Waals surface area contributed by atoms with Crippen molar-refractivity contribution in [1.82, 2.24) is 0 Å². The lowest BCUT2D eigenvalue weighted by Crippen LogP contribution is -2.04. The average molecular weight is 269 g/mol. The summed E-state index contributed by atoms with van der Waals surface area (Å²) in [6, 6.07) is 12.2. The molecule has 1 N–H and O–H groups in total. The van der Waals surface area contributed by atoms with Crippen molar-refractivity contribution in [3.63, 3.8) is 0 Å². The molecule has 0 saturated heterocycles. The van der Waals surface area contributed by atoms with Crippen LogP contribution in [0.25, 0.3) is 0 Å². The highest BCUT2D eigenvalue weighted by Crippen LogP contribution is 2.26. The Morgan fingerprint density at radius 1 is 1.25 bits per heavy atom. The van der Waals surface area contributed by atoms with Crippen LogP contribution in [0.3, 0.4) is 0 Å². The molecule has 0 bridgehead atoms. The number of phenols is 1.